The van der Waals surface area contributed by atoms with Gasteiger partial charge >= 0.3 is 0 Å². The number of aromatic nitrogens is 2. The van der Waals surface area contributed by atoms with Crippen molar-refractivity contribution in [1.82, 2.24) is 9.78 Å². The van der Waals surface area contributed by atoms with Crippen LogP contribution in [-0.4, -0.2) is 20.5 Å². The SMILES string of the molecule is CC(=O)c1c(C)nn(Cc2ccc([N+](=O)[O-])cc2Cl)c1C. The van der Waals surface area contributed by atoms with Crippen molar-refractivity contribution in [3.05, 3.63) is 55.9 Å². The summed E-state index contributed by atoms with van der Waals surface area (Å²) in [5, 5.41) is 15.3. The largest absolute Gasteiger partial charge is 0.294 e. The summed E-state index contributed by atoms with van der Waals surface area (Å²) in [5.41, 5.74) is 2.69. The Balaban J connectivity index is 2.37. The molecular formula is C14H14ClN3O3. The summed E-state index contributed by atoms with van der Waals surface area (Å²) >= 11 is 6.07. The number of non-ortho nitro benzene ring substituents is 1. The molecule has 0 aliphatic carbocycles. The number of carbonyl (C=O) groups is 1. The Labute approximate surface area is 126 Å². The highest BCUT2D eigenvalue weighted by molar-refractivity contribution is 6.31. The van der Waals surface area contributed by atoms with E-state index in [2.05, 4.69) is 5.10 Å². The zero-order valence-electron chi connectivity index (χ0n) is 11.9. The third-order valence-corrected chi connectivity index (χ3v) is 3.65. The molecule has 2 aromatic rings. The lowest BCUT2D eigenvalue weighted by atomic mass is 10.1. The van der Waals surface area contributed by atoms with Crippen LogP contribution in [0.1, 0.15) is 34.2 Å². The summed E-state index contributed by atoms with van der Waals surface area (Å²) in [5.74, 6) is -0.0361. The summed E-state index contributed by atoms with van der Waals surface area (Å²) in [7, 11) is 0. The molecule has 0 aliphatic rings. The molecule has 0 spiro atoms. The van der Waals surface area contributed by atoms with Crippen molar-refractivity contribution < 1.29 is 9.72 Å². The van der Waals surface area contributed by atoms with Gasteiger partial charge in [0.1, 0.15) is 0 Å². The first-order valence-corrected chi connectivity index (χ1v) is 6.66. The molecule has 0 saturated carbocycles. The number of aryl methyl sites for hydroxylation is 1. The van der Waals surface area contributed by atoms with E-state index in [1.807, 2.05) is 6.92 Å². The van der Waals surface area contributed by atoms with Crippen molar-refractivity contribution in [3.63, 3.8) is 0 Å². The molecule has 0 bridgehead atoms. The van der Waals surface area contributed by atoms with Crippen molar-refractivity contribution >= 4 is 23.1 Å². The first-order valence-electron chi connectivity index (χ1n) is 6.29. The number of hydrogen-bond donors (Lipinski definition) is 0. The number of hydrogen-bond acceptors (Lipinski definition) is 4. The van der Waals surface area contributed by atoms with Gasteiger partial charge in [-0.05, 0) is 32.4 Å². The van der Waals surface area contributed by atoms with Gasteiger partial charge in [0.05, 0.1) is 27.7 Å². The molecule has 0 atom stereocenters. The smallest absolute Gasteiger partial charge is 0.270 e. The van der Waals surface area contributed by atoms with Crippen LogP contribution in [0.2, 0.25) is 5.02 Å². The van der Waals surface area contributed by atoms with Crippen LogP contribution < -0.4 is 0 Å². The standard InChI is InChI=1S/C14H14ClN3O3/c1-8-14(10(3)19)9(2)17(16-8)7-11-4-5-12(18(20)21)6-13(11)15/h4-6H,7H2,1-3H3. The van der Waals surface area contributed by atoms with Gasteiger partial charge in [-0.2, -0.15) is 5.10 Å². The van der Waals surface area contributed by atoms with Gasteiger partial charge in [-0.25, -0.2) is 0 Å². The molecule has 2 rings (SSSR count). The Kier molecular flexibility index (Phi) is 4.09. The molecule has 0 aliphatic heterocycles. The second-order valence-corrected chi connectivity index (χ2v) is 5.20. The highest BCUT2D eigenvalue weighted by Crippen LogP contribution is 2.24. The first-order chi connectivity index (χ1) is 9.81. The number of benzene rings is 1. The number of nitro benzene ring substituents is 1. The third kappa shape index (κ3) is 2.95. The van der Waals surface area contributed by atoms with E-state index in [0.29, 0.717) is 28.4 Å². The molecule has 0 radical (unpaired) electrons. The van der Waals surface area contributed by atoms with Crippen LogP contribution in [0.4, 0.5) is 5.69 Å². The molecule has 21 heavy (non-hydrogen) atoms. The van der Waals surface area contributed by atoms with Crippen LogP contribution in [0, 0.1) is 24.0 Å². The third-order valence-electron chi connectivity index (χ3n) is 3.30. The van der Waals surface area contributed by atoms with E-state index in [1.165, 1.54) is 19.1 Å². The van der Waals surface area contributed by atoms with Gasteiger partial charge in [-0.15, -0.1) is 0 Å². The first kappa shape index (κ1) is 15.2. The summed E-state index contributed by atoms with van der Waals surface area (Å²) in [4.78, 5) is 21.8. The van der Waals surface area contributed by atoms with Gasteiger partial charge in [0.2, 0.25) is 0 Å². The monoisotopic (exact) mass is 307 g/mol. The molecule has 1 aromatic heterocycles. The molecule has 1 aromatic carbocycles. The average Bonchev–Trinajstić information content (AvgIpc) is 2.66. The van der Waals surface area contributed by atoms with Crippen LogP contribution >= 0.6 is 11.6 Å². The fourth-order valence-electron chi connectivity index (χ4n) is 2.30. The summed E-state index contributed by atoms with van der Waals surface area (Å²) < 4.78 is 1.68. The molecule has 0 unspecified atom stereocenters. The van der Waals surface area contributed by atoms with Gasteiger partial charge in [0, 0.05) is 17.8 Å². The maximum atomic E-state index is 11.6. The van der Waals surface area contributed by atoms with Gasteiger partial charge in [-0.3, -0.25) is 19.6 Å². The van der Waals surface area contributed by atoms with Crippen LogP contribution in [0.3, 0.4) is 0 Å². The molecule has 110 valence electrons. The van der Waals surface area contributed by atoms with Crippen molar-refractivity contribution in [3.8, 4) is 0 Å². The minimum absolute atomic E-state index is 0.0361. The maximum Gasteiger partial charge on any atom is 0.270 e. The lowest BCUT2D eigenvalue weighted by molar-refractivity contribution is -0.384. The Bertz CT molecular complexity index is 737. The van der Waals surface area contributed by atoms with E-state index in [9.17, 15) is 14.9 Å². The predicted octanol–water partition coefficient (Wildman–Crippen LogP) is 3.31. The topological polar surface area (TPSA) is 78.0 Å². The highest BCUT2D eigenvalue weighted by Gasteiger charge is 2.16. The van der Waals surface area contributed by atoms with Gasteiger partial charge < -0.3 is 0 Å². The number of nitro groups is 1. The summed E-state index contributed by atoms with van der Waals surface area (Å²) in [6.45, 7) is 5.45. The summed E-state index contributed by atoms with van der Waals surface area (Å²) in [6.07, 6.45) is 0. The lowest BCUT2D eigenvalue weighted by Gasteiger charge is -2.07. The minimum atomic E-state index is -0.493. The van der Waals surface area contributed by atoms with Crippen molar-refractivity contribution in [1.29, 1.82) is 0 Å². The molecule has 1 heterocycles. The zero-order valence-corrected chi connectivity index (χ0v) is 12.6. The molecule has 0 fully saturated rings. The molecule has 0 amide bonds. The van der Waals surface area contributed by atoms with Crippen LogP contribution in [0.25, 0.3) is 0 Å². The number of rotatable bonds is 4. The second kappa shape index (κ2) is 5.65. The molecule has 0 N–H and O–H groups in total. The van der Waals surface area contributed by atoms with Crippen molar-refractivity contribution in [2.45, 2.75) is 27.3 Å². The molecule has 6 nitrogen and oxygen atoms in total. The zero-order chi connectivity index (χ0) is 15.7. The number of halogens is 1. The van der Waals surface area contributed by atoms with E-state index in [4.69, 9.17) is 11.6 Å². The Morgan fingerprint density at radius 2 is 2.10 bits per heavy atom. The number of Topliss-reactive ketones (excluding diaryl/α,β-unsaturated/α-hetero) is 1. The fraction of sp³-hybridized carbons (Fsp3) is 0.286. The Hall–Kier alpha value is -2.21. The van der Waals surface area contributed by atoms with Crippen molar-refractivity contribution in [2.75, 3.05) is 0 Å². The summed E-state index contributed by atoms with van der Waals surface area (Å²) in [6, 6.07) is 4.32. The highest BCUT2D eigenvalue weighted by atomic mass is 35.5. The van der Waals surface area contributed by atoms with Crippen LogP contribution in [0.15, 0.2) is 18.2 Å². The molecule has 7 heteroatoms. The van der Waals surface area contributed by atoms with Crippen LogP contribution in [-0.2, 0) is 6.54 Å². The van der Waals surface area contributed by atoms with E-state index in [1.54, 1.807) is 17.7 Å². The predicted molar refractivity (Wildman–Crippen MR) is 78.9 cm³/mol. The normalized spacial score (nSPS) is 10.7. The molecule has 0 saturated heterocycles. The fourth-order valence-corrected chi connectivity index (χ4v) is 2.53. The Morgan fingerprint density at radius 1 is 1.43 bits per heavy atom. The van der Waals surface area contributed by atoms with E-state index >= 15 is 0 Å². The van der Waals surface area contributed by atoms with Gasteiger partial charge in [-0.1, -0.05) is 11.6 Å². The lowest BCUT2D eigenvalue weighted by Crippen LogP contribution is -2.06. The average molecular weight is 308 g/mol. The number of ketones is 1. The second-order valence-electron chi connectivity index (χ2n) is 4.79. The maximum absolute atomic E-state index is 11.6. The van der Waals surface area contributed by atoms with E-state index in [0.717, 1.165) is 5.69 Å². The minimum Gasteiger partial charge on any atom is -0.294 e. The van der Waals surface area contributed by atoms with Crippen LogP contribution in [0.5, 0.6) is 0 Å². The quantitative estimate of drug-likeness (QED) is 0.493. The molecular weight excluding hydrogens is 294 g/mol. The Morgan fingerprint density at radius 3 is 2.57 bits per heavy atom. The van der Waals surface area contributed by atoms with E-state index < -0.39 is 4.92 Å². The number of nitrogens with zero attached hydrogens (tertiary/aromatic N) is 3. The van der Waals surface area contributed by atoms with Gasteiger partial charge in [0.25, 0.3) is 5.69 Å². The van der Waals surface area contributed by atoms with Gasteiger partial charge in [0.15, 0.2) is 5.78 Å². The van der Waals surface area contributed by atoms with E-state index in [-0.39, 0.29) is 11.5 Å². The number of carbonyl (C=O) groups excluding carboxylic acids is 1. The van der Waals surface area contributed by atoms with Crippen molar-refractivity contribution in [2.24, 2.45) is 0 Å².